The maximum atomic E-state index is 14.1. The fraction of sp³-hybridized carbons (Fsp3) is 0.486. The molecule has 16 heteroatoms. The number of aryl methyl sites for hydroxylation is 2. The zero-order valence-corrected chi connectivity index (χ0v) is 58.2. The lowest BCUT2D eigenvalue weighted by Crippen LogP contribution is -2.48. The quantitative estimate of drug-likeness (QED) is 0.0398. The second-order valence-corrected chi connectivity index (χ2v) is 33.2. The summed E-state index contributed by atoms with van der Waals surface area (Å²) in [5, 5.41) is 31.7. The number of hydrogen-bond donors (Lipinski definition) is 6. The minimum absolute atomic E-state index is 0.00795. The minimum Gasteiger partial charge on any atom is -0.507 e. The van der Waals surface area contributed by atoms with E-state index in [1.807, 2.05) is 41.5 Å². The van der Waals surface area contributed by atoms with Gasteiger partial charge in [-0.1, -0.05) is 195 Å². The molecule has 2 atom stereocenters. The lowest BCUT2D eigenvalue weighted by atomic mass is 9.79. The van der Waals surface area contributed by atoms with E-state index in [9.17, 15) is 36.6 Å². The molecule has 0 heterocycles. The van der Waals surface area contributed by atoms with Gasteiger partial charge in [0, 0.05) is 25.7 Å². The van der Waals surface area contributed by atoms with E-state index >= 15 is 0 Å². The van der Waals surface area contributed by atoms with Crippen molar-refractivity contribution in [3.63, 3.8) is 0 Å². The standard InChI is InChI=1S/C74H100N4O10S2/c1-45(2)31-63(77-89(83,84)61-23-19-47(5)20-24-61)69(81)75-27-29-87-67-53-33-49-37-57(71(7,8)9)39-51(65(49)79)35-55-43-60(74(16,17)18)44-56(36-52-40-58(72(10,11)12)38-50(66(52)80)34-54(67)42-59(41-53)73(13,14)15)68(55)88-30-28-76-70(82)64(32-46(3)4)78-90(85,86)62-25-21-48(6)22-26-62/h19-26,37-46,63-64,77-80H,27-36H2,1-18H3,(H,75,81)(H,76,82)/t63-,64-/m1/s1. The second kappa shape index (κ2) is 28.0. The number of aromatic hydroxyl groups is 2. The molecular formula is C74H100N4O10S2. The van der Waals surface area contributed by atoms with Crippen LogP contribution in [-0.4, -0.2) is 77.2 Å². The van der Waals surface area contributed by atoms with Crippen LogP contribution in [0.15, 0.2) is 107 Å². The Kier molecular flexibility index (Phi) is 22.0. The van der Waals surface area contributed by atoms with Gasteiger partial charge in [0.15, 0.2) is 0 Å². The number of phenols is 2. The molecule has 8 bridgehead atoms. The first-order valence-electron chi connectivity index (χ1n) is 31.7. The van der Waals surface area contributed by atoms with Gasteiger partial charge in [-0.2, -0.15) is 9.44 Å². The number of rotatable bonds is 20. The van der Waals surface area contributed by atoms with Gasteiger partial charge in [0.1, 0.15) is 48.3 Å². The van der Waals surface area contributed by atoms with E-state index < -0.39 is 43.9 Å². The number of amides is 2. The molecule has 1 aliphatic rings. The second-order valence-electron chi connectivity index (χ2n) is 29.8. The highest BCUT2D eigenvalue weighted by Crippen LogP contribution is 2.44. The van der Waals surface area contributed by atoms with E-state index in [-0.39, 0.29) is 120 Å². The Morgan fingerprint density at radius 1 is 0.433 bits per heavy atom. The molecule has 1 aliphatic carbocycles. The van der Waals surface area contributed by atoms with Crippen molar-refractivity contribution in [2.75, 3.05) is 26.3 Å². The molecule has 0 aromatic heterocycles. The van der Waals surface area contributed by atoms with Crippen molar-refractivity contribution in [3.05, 3.63) is 175 Å². The molecule has 0 saturated carbocycles. The predicted molar refractivity (Wildman–Crippen MR) is 362 cm³/mol. The third kappa shape index (κ3) is 18.3. The number of phenolic OH excluding ortho intramolecular Hbond substituents is 2. The highest BCUT2D eigenvalue weighted by molar-refractivity contribution is 7.89. The topological polar surface area (TPSA) is 209 Å². The fourth-order valence-corrected chi connectivity index (χ4v) is 13.6. The fourth-order valence-electron chi connectivity index (χ4n) is 11.2. The van der Waals surface area contributed by atoms with E-state index in [1.165, 1.54) is 24.3 Å². The Morgan fingerprint density at radius 2 is 0.678 bits per heavy atom. The summed E-state index contributed by atoms with van der Waals surface area (Å²) in [5.74, 6) is 0.356. The number of nitrogens with one attached hydrogen (secondary N) is 4. The molecule has 0 unspecified atom stereocenters. The molecule has 2 amide bonds. The first kappa shape index (κ1) is 70.7. The maximum absolute atomic E-state index is 14.1. The third-order valence-electron chi connectivity index (χ3n) is 16.6. The summed E-state index contributed by atoms with van der Waals surface area (Å²) < 4.78 is 73.7. The van der Waals surface area contributed by atoms with Crippen molar-refractivity contribution in [1.82, 2.24) is 20.1 Å². The Bertz CT molecular complexity index is 3440. The number of carbonyl (C=O) groups is 2. The van der Waals surface area contributed by atoms with E-state index in [2.05, 4.69) is 152 Å². The number of carbonyl (C=O) groups excluding carboxylic acids is 2. The molecule has 0 spiro atoms. The van der Waals surface area contributed by atoms with Gasteiger partial charge in [0.05, 0.1) is 22.9 Å². The first-order valence-corrected chi connectivity index (χ1v) is 34.7. The Morgan fingerprint density at radius 3 is 0.911 bits per heavy atom. The van der Waals surface area contributed by atoms with Crippen LogP contribution in [0.4, 0.5) is 0 Å². The number of ether oxygens (including phenoxy) is 2. The van der Waals surface area contributed by atoms with Gasteiger partial charge < -0.3 is 30.3 Å². The lowest BCUT2D eigenvalue weighted by Gasteiger charge is -2.28. The van der Waals surface area contributed by atoms with Crippen LogP contribution in [0, 0.1) is 25.7 Å². The number of sulfonamides is 2. The van der Waals surface area contributed by atoms with Crippen LogP contribution in [0.1, 0.15) is 202 Å². The maximum Gasteiger partial charge on any atom is 0.241 e. The first-order chi connectivity index (χ1) is 41.7. The molecule has 6 aromatic rings. The van der Waals surface area contributed by atoms with Crippen molar-refractivity contribution in [3.8, 4) is 23.0 Å². The van der Waals surface area contributed by atoms with Gasteiger partial charge in [0.2, 0.25) is 31.9 Å². The summed E-state index contributed by atoms with van der Waals surface area (Å²) in [6, 6.07) is 27.7. The summed E-state index contributed by atoms with van der Waals surface area (Å²) >= 11 is 0. The highest BCUT2D eigenvalue weighted by atomic mass is 32.2. The Hall–Kier alpha value is -6.72. The molecule has 0 aliphatic heterocycles. The number of benzene rings is 6. The SMILES string of the molecule is Cc1ccc(S(=O)(=O)N[C@H](CC(C)C)C(=O)NCCOc2c3cc(C(C)(C)C)cc2Cc2cc(C(C)(C)C)cc(c2O)Cc2cc(C(C)(C)C)cc(c2OCCNC(=O)[C@@H](CC(C)C)NS(=O)(=O)c2ccc(C)cc2)Cc2cc(C(C)(C)C)cc(c2O)C3)cc1. The van der Waals surface area contributed by atoms with E-state index in [0.717, 1.165) is 55.6 Å². The molecular weight excluding hydrogens is 1170 g/mol. The van der Waals surface area contributed by atoms with Gasteiger partial charge in [-0.3, -0.25) is 9.59 Å². The van der Waals surface area contributed by atoms with Gasteiger partial charge in [-0.25, -0.2) is 16.8 Å². The molecule has 0 fully saturated rings. The molecule has 90 heavy (non-hydrogen) atoms. The average Bonchev–Trinajstić information content (AvgIpc) is 0.779. The van der Waals surface area contributed by atoms with Crippen LogP contribution in [0.25, 0.3) is 0 Å². The molecule has 0 saturated heterocycles. The zero-order chi connectivity index (χ0) is 66.6. The highest BCUT2D eigenvalue weighted by Gasteiger charge is 2.32. The van der Waals surface area contributed by atoms with Crippen LogP contribution in [0.2, 0.25) is 0 Å². The van der Waals surface area contributed by atoms with Crippen LogP contribution in [-0.2, 0) is 77.0 Å². The van der Waals surface area contributed by atoms with Gasteiger partial charge in [0.25, 0.3) is 0 Å². The molecule has 488 valence electrons. The van der Waals surface area contributed by atoms with E-state index in [1.54, 1.807) is 24.3 Å². The van der Waals surface area contributed by atoms with Crippen molar-refractivity contribution in [2.24, 2.45) is 11.8 Å². The number of hydrogen-bond acceptors (Lipinski definition) is 10. The minimum atomic E-state index is -4.03. The monoisotopic (exact) mass is 1270 g/mol. The van der Waals surface area contributed by atoms with Crippen LogP contribution >= 0.6 is 0 Å². The van der Waals surface area contributed by atoms with Gasteiger partial charge in [-0.05, 0) is 151 Å². The van der Waals surface area contributed by atoms with E-state index in [0.29, 0.717) is 33.8 Å². The average molecular weight is 1270 g/mol. The van der Waals surface area contributed by atoms with Crippen molar-refractivity contribution >= 4 is 31.9 Å². The lowest BCUT2D eigenvalue weighted by molar-refractivity contribution is -0.123. The summed E-state index contributed by atoms with van der Waals surface area (Å²) in [7, 11) is -8.07. The Balaban J connectivity index is 1.33. The molecule has 7 rings (SSSR count). The molecule has 6 N–H and O–H groups in total. The predicted octanol–water partition coefficient (Wildman–Crippen LogP) is 13.4. The summed E-state index contributed by atoms with van der Waals surface area (Å²) in [6.45, 7) is 37.4. The Labute approximate surface area is 537 Å². The van der Waals surface area contributed by atoms with Gasteiger partial charge in [-0.15, -0.1) is 0 Å². The summed E-state index contributed by atoms with van der Waals surface area (Å²) in [6.07, 6.45) is 1.50. The van der Waals surface area contributed by atoms with Crippen LogP contribution in [0.5, 0.6) is 23.0 Å². The van der Waals surface area contributed by atoms with Crippen molar-refractivity contribution in [1.29, 1.82) is 0 Å². The van der Waals surface area contributed by atoms with Crippen molar-refractivity contribution in [2.45, 2.75) is 207 Å². The van der Waals surface area contributed by atoms with Crippen LogP contribution < -0.4 is 29.6 Å². The number of fused-ring (bicyclic) bond motifs is 8. The third-order valence-corrected chi connectivity index (χ3v) is 19.6. The zero-order valence-electron chi connectivity index (χ0n) is 56.6. The summed E-state index contributed by atoms with van der Waals surface area (Å²) in [4.78, 5) is 28.3. The van der Waals surface area contributed by atoms with E-state index in [4.69, 9.17) is 9.47 Å². The smallest absolute Gasteiger partial charge is 0.241 e. The molecule has 0 radical (unpaired) electrons. The van der Waals surface area contributed by atoms with Gasteiger partial charge >= 0.3 is 0 Å². The largest absolute Gasteiger partial charge is 0.507 e. The molecule has 14 nitrogen and oxygen atoms in total. The van der Waals surface area contributed by atoms with Crippen molar-refractivity contribution < 1.29 is 46.1 Å². The van der Waals surface area contributed by atoms with Crippen LogP contribution in [0.3, 0.4) is 0 Å². The molecule has 6 aromatic carbocycles. The normalized spacial score (nSPS) is 14.1. The summed E-state index contributed by atoms with van der Waals surface area (Å²) in [5.41, 5.74) is 10.3.